The average Bonchev–Trinajstić information content (AvgIpc) is 2.87. The molecule has 274 valence electrons. The fourth-order valence-corrected chi connectivity index (χ4v) is 5.14. The third-order valence-corrected chi connectivity index (χ3v) is 7.31. The summed E-state index contributed by atoms with van der Waals surface area (Å²) in [7, 11) is 0. The molecular weight excluding hydrogens is 632 g/mol. The molecule has 1 N–H and O–H groups in total. The first-order chi connectivity index (χ1) is 19.8. The van der Waals surface area contributed by atoms with Gasteiger partial charge < -0.3 is 24.6 Å². The second-order valence-electron chi connectivity index (χ2n) is 13.8. The Bertz CT molecular complexity index is 905. The maximum Gasteiger partial charge on any atom is 0.410 e. The van der Waals surface area contributed by atoms with Gasteiger partial charge in [0.25, 0.3) is 11.8 Å². The first kappa shape index (κ1) is 46.3. The molecule has 0 aliphatic carbocycles. The minimum Gasteiger partial charge on any atom is -0.444 e. The van der Waals surface area contributed by atoms with E-state index in [1.54, 1.807) is 9.80 Å². The molecule has 4 rings (SSSR count). The summed E-state index contributed by atoms with van der Waals surface area (Å²) in [6.45, 7) is 14.4. The van der Waals surface area contributed by atoms with Gasteiger partial charge in [0, 0.05) is 57.9 Å². The number of ether oxygens (including phenoxy) is 2. The van der Waals surface area contributed by atoms with E-state index in [2.05, 4.69) is 5.32 Å². The lowest BCUT2D eigenvalue weighted by atomic mass is 9.99. The Morgan fingerprint density at radius 1 is 0.761 bits per heavy atom. The third kappa shape index (κ3) is 18.5. The number of hydrogen-bond donors (Lipinski definition) is 1. The van der Waals surface area contributed by atoms with Gasteiger partial charge >= 0.3 is 12.2 Å². The molecule has 4 fully saturated rings. The highest BCUT2D eigenvalue weighted by molar-refractivity contribution is 5.85. The maximum atomic E-state index is 13.5. The van der Waals surface area contributed by atoms with E-state index in [0.717, 1.165) is 25.9 Å². The molecular formula is C32H61ClF4N4O5. The fraction of sp³-hybridized carbons (Fsp3) is 0.906. The summed E-state index contributed by atoms with van der Waals surface area (Å²) in [5.41, 5.74) is -0.957. The molecule has 0 radical (unpaired) electrons. The van der Waals surface area contributed by atoms with Gasteiger partial charge in [-0.25, -0.2) is 27.2 Å². The van der Waals surface area contributed by atoms with Crippen molar-refractivity contribution < 1.29 is 41.4 Å². The molecule has 0 unspecified atom stereocenters. The van der Waals surface area contributed by atoms with Crippen LogP contribution in [0.3, 0.4) is 0 Å². The predicted octanol–water partition coefficient (Wildman–Crippen LogP) is 7.40. The van der Waals surface area contributed by atoms with Crippen LogP contribution < -0.4 is 5.32 Å². The van der Waals surface area contributed by atoms with Gasteiger partial charge in [-0.05, 0) is 80.3 Å². The molecule has 0 saturated carbocycles. The van der Waals surface area contributed by atoms with Crippen LogP contribution in [0.2, 0.25) is 0 Å². The van der Waals surface area contributed by atoms with Crippen LogP contribution in [0.25, 0.3) is 0 Å². The van der Waals surface area contributed by atoms with Crippen molar-refractivity contribution in [1.82, 2.24) is 20.0 Å². The second kappa shape index (κ2) is 19.8. The fourth-order valence-electron chi connectivity index (χ4n) is 5.14. The number of rotatable bonds is 1. The van der Waals surface area contributed by atoms with E-state index in [-0.39, 0.29) is 77.2 Å². The number of likely N-dealkylation sites (tertiary alicyclic amines) is 3. The number of hydrogen-bond acceptors (Lipinski definition) is 7. The standard InChI is InChI=1S/C15H26F2N2O2.C10H17NO3.C5H9F2N.2CH4.ClH/c1-14(2,3)21-13(20)18-9-5-12(6-10-18)19-8-4-7-15(16,17)11-19;1-10(2,3)14-9(13)11-6-4-8(12)5-7-11;6-5(7)2-1-3-8-4-5;;;/h12H,4-11H2,1-3H3;4-7H2,1-3H3;8H,1-4H2;2*1H4;1H. The minimum absolute atomic E-state index is 0. The lowest BCUT2D eigenvalue weighted by Crippen LogP contribution is -2.52. The number of nitrogens with one attached hydrogen (secondary N) is 1. The van der Waals surface area contributed by atoms with E-state index < -0.39 is 23.0 Å². The second-order valence-corrected chi connectivity index (χ2v) is 13.8. The van der Waals surface area contributed by atoms with Crippen LogP contribution in [0.4, 0.5) is 27.2 Å². The van der Waals surface area contributed by atoms with Gasteiger partial charge in [-0.3, -0.25) is 9.69 Å². The monoisotopic (exact) mass is 692 g/mol. The Kier molecular flexibility index (Phi) is 20.0. The highest BCUT2D eigenvalue weighted by Gasteiger charge is 2.39. The molecule has 9 nitrogen and oxygen atoms in total. The molecule has 46 heavy (non-hydrogen) atoms. The largest absolute Gasteiger partial charge is 0.444 e. The lowest BCUT2D eigenvalue weighted by Gasteiger charge is -2.42. The summed E-state index contributed by atoms with van der Waals surface area (Å²) < 4.78 is 61.8. The topological polar surface area (TPSA) is 91.4 Å². The Morgan fingerprint density at radius 3 is 1.59 bits per heavy atom. The van der Waals surface area contributed by atoms with Gasteiger partial charge in [-0.1, -0.05) is 14.9 Å². The van der Waals surface area contributed by atoms with Gasteiger partial charge in [-0.15, -0.1) is 12.4 Å². The molecule has 4 heterocycles. The molecule has 4 saturated heterocycles. The van der Waals surface area contributed by atoms with Crippen molar-refractivity contribution >= 4 is 30.4 Å². The summed E-state index contributed by atoms with van der Waals surface area (Å²) in [6, 6.07) is 0.162. The first-order valence-corrected chi connectivity index (χ1v) is 15.4. The van der Waals surface area contributed by atoms with Gasteiger partial charge in [0.05, 0.1) is 13.1 Å². The normalized spacial score (nSPS) is 21.7. The zero-order valence-corrected chi connectivity index (χ0v) is 28.0. The summed E-state index contributed by atoms with van der Waals surface area (Å²) in [5.74, 6) is -4.76. The number of carbonyl (C=O) groups is 3. The number of halogens is 5. The Hall–Kier alpha value is -1.86. The van der Waals surface area contributed by atoms with Crippen LogP contribution >= 0.6 is 12.4 Å². The maximum absolute atomic E-state index is 13.5. The van der Waals surface area contributed by atoms with Crippen molar-refractivity contribution in [1.29, 1.82) is 0 Å². The Morgan fingerprint density at radius 2 is 1.22 bits per heavy atom. The molecule has 0 aromatic carbocycles. The van der Waals surface area contributed by atoms with Crippen LogP contribution in [-0.4, -0.2) is 114 Å². The molecule has 0 aromatic rings. The highest BCUT2D eigenvalue weighted by Crippen LogP contribution is 2.30. The summed E-state index contributed by atoms with van der Waals surface area (Å²) in [4.78, 5) is 39.6. The molecule has 0 bridgehead atoms. The number of amides is 2. The molecule has 2 amide bonds. The summed E-state index contributed by atoms with van der Waals surface area (Å²) >= 11 is 0. The lowest BCUT2D eigenvalue weighted by molar-refractivity contribution is -0.121. The van der Waals surface area contributed by atoms with E-state index in [1.807, 2.05) is 46.4 Å². The quantitative estimate of drug-likeness (QED) is 0.287. The average molecular weight is 693 g/mol. The van der Waals surface area contributed by atoms with E-state index in [9.17, 15) is 31.9 Å². The van der Waals surface area contributed by atoms with Crippen LogP contribution in [0, 0.1) is 0 Å². The number of piperidine rings is 4. The van der Waals surface area contributed by atoms with Crippen LogP contribution in [0.5, 0.6) is 0 Å². The number of Topliss-reactive ketones (excluding diaryl/α,β-unsaturated/α-hetero) is 1. The predicted molar refractivity (Wildman–Crippen MR) is 176 cm³/mol. The van der Waals surface area contributed by atoms with Gasteiger partial charge in [0.1, 0.15) is 17.0 Å². The molecule has 0 aromatic heterocycles. The zero-order chi connectivity index (χ0) is 32.5. The van der Waals surface area contributed by atoms with Crippen molar-refractivity contribution in [3.8, 4) is 0 Å². The number of alkyl halides is 4. The van der Waals surface area contributed by atoms with E-state index in [1.165, 1.54) is 0 Å². The Balaban J connectivity index is 0. The third-order valence-electron chi connectivity index (χ3n) is 7.31. The molecule has 14 heteroatoms. The number of carbonyl (C=O) groups excluding carboxylic acids is 3. The SMILES string of the molecule is C.C.CC(C)(C)OC(=O)N1CCC(=O)CC1.CC(C)(C)OC(=O)N1CCC(N2CCCC(F)(F)C2)CC1.Cl.FC1(F)CCCNC1. The van der Waals surface area contributed by atoms with Crippen molar-refractivity contribution in [3.05, 3.63) is 0 Å². The van der Waals surface area contributed by atoms with Crippen molar-refractivity contribution in [3.63, 3.8) is 0 Å². The first-order valence-electron chi connectivity index (χ1n) is 15.4. The van der Waals surface area contributed by atoms with Crippen molar-refractivity contribution in [2.45, 2.75) is 137 Å². The van der Waals surface area contributed by atoms with Gasteiger partial charge in [0.2, 0.25) is 0 Å². The molecule has 4 aliphatic rings. The van der Waals surface area contributed by atoms with Crippen LogP contribution in [-0.2, 0) is 14.3 Å². The van der Waals surface area contributed by atoms with Gasteiger partial charge in [0.15, 0.2) is 0 Å². The molecule has 0 spiro atoms. The highest BCUT2D eigenvalue weighted by atomic mass is 35.5. The van der Waals surface area contributed by atoms with Crippen molar-refractivity contribution in [2.24, 2.45) is 0 Å². The number of ketones is 1. The van der Waals surface area contributed by atoms with E-state index >= 15 is 0 Å². The summed E-state index contributed by atoms with van der Waals surface area (Å²) in [6.07, 6.45) is 3.00. The minimum atomic E-state index is -2.56. The van der Waals surface area contributed by atoms with E-state index in [4.69, 9.17) is 9.47 Å². The summed E-state index contributed by atoms with van der Waals surface area (Å²) in [5, 5.41) is 2.62. The van der Waals surface area contributed by atoms with E-state index in [0.29, 0.717) is 51.9 Å². The number of nitrogens with zero attached hydrogens (tertiary/aromatic N) is 3. The Labute approximate surface area is 280 Å². The molecule has 4 aliphatic heterocycles. The van der Waals surface area contributed by atoms with Crippen molar-refractivity contribution in [2.75, 3.05) is 52.4 Å². The van der Waals surface area contributed by atoms with Crippen LogP contribution in [0.15, 0.2) is 0 Å². The molecule has 0 atom stereocenters. The zero-order valence-electron chi connectivity index (χ0n) is 27.2. The smallest absolute Gasteiger partial charge is 0.410 e. The van der Waals surface area contributed by atoms with Crippen LogP contribution in [0.1, 0.15) is 108 Å². The van der Waals surface area contributed by atoms with Gasteiger partial charge in [-0.2, -0.15) is 0 Å².